The predicted molar refractivity (Wildman–Crippen MR) is 77.5 cm³/mol. The highest BCUT2D eigenvalue weighted by atomic mass is 32.1. The van der Waals surface area contributed by atoms with Gasteiger partial charge in [-0.1, -0.05) is 17.7 Å². The molecule has 1 atom stereocenters. The quantitative estimate of drug-likeness (QED) is 0.894. The van der Waals surface area contributed by atoms with E-state index in [-0.39, 0.29) is 5.92 Å². The molecule has 18 heavy (non-hydrogen) atoms. The van der Waals surface area contributed by atoms with Crippen LogP contribution in [0.1, 0.15) is 21.2 Å². The van der Waals surface area contributed by atoms with Crippen LogP contribution < -0.4 is 10.5 Å². The molecule has 0 saturated carbocycles. The topological polar surface area (TPSA) is 35.2 Å². The Morgan fingerprint density at radius 1 is 1.11 bits per heavy atom. The van der Waals surface area contributed by atoms with Crippen LogP contribution in [-0.4, -0.2) is 13.2 Å². The molecule has 0 radical (unpaired) electrons. The fraction of sp³-hybridized carbons (Fsp3) is 0.333. The molecular formula is C15H19NOS. The van der Waals surface area contributed by atoms with Gasteiger partial charge in [0.05, 0.1) is 6.61 Å². The zero-order valence-corrected chi connectivity index (χ0v) is 11.7. The minimum absolute atomic E-state index is 0.282. The fourth-order valence-electron chi connectivity index (χ4n) is 1.77. The SMILES string of the molecule is Cc1ccc(OCC(CN)c2ccc(C)s2)cc1. The second kappa shape index (κ2) is 6.03. The molecule has 0 spiro atoms. The molecule has 1 aromatic carbocycles. The first-order chi connectivity index (χ1) is 8.69. The van der Waals surface area contributed by atoms with Crippen LogP contribution >= 0.6 is 11.3 Å². The molecule has 3 heteroatoms. The maximum absolute atomic E-state index is 5.83. The Bertz CT molecular complexity index is 489. The van der Waals surface area contributed by atoms with E-state index in [4.69, 9.17) is 10.5 Å². The number of nitrogens with two attached hydrogens (primary N) is 1. The van der Waals surface area contributed by atoms with Gasteiger partial charge in [0, 0.05) is 22.2 Å². The maximum atomic E-state index is 5.83. The van der Waals surface area contributed by atoms with Gasteiger partial charge in [0.25, 0.3) is 0 Å². The van der Waals surface area contributed by atoms with Crippen LogP contribution in [0.25, 0.3) is 0 Å². The van der Waals surface area contributed by atoms with Crippen molar-refractivity contribution < 1.29 is 4.74 Å². The van der Waals surface area contributed by atoms with Crippen molar-refractivity contribution >= 4 is 11.3 Å². The largest absolute Gasteiger partial charge is 0.493 e. The van der Waals surface area contributed by atoms with Crippen LogP contribution in [0.4, 0.5) is 0 Å². The summed E-state index contributed by atoms with van der Waals surface area (Å²) in [5.74, 6) is 1.19. The third-order valence-electron chi connectivity index (χ3n) is 2.92. The fourth-order valence-corrected chi connectivity index (χ4v) is 2.75. The molecular weight excluding hydrogens is 242 g/mol. The third kappa shape index (κ3) is 3.34. The zero-order chi connectivity index (χ0) is 13.0. The predicted octanol–water partition coefficient (Wildman–Crippen LogP) is 3.49. The summed E-state index contributed by atoms with van der Waals surface area (Å²) in [5, 5.41) is 0. The molecule has 2 rings (SSSR count). The average Bonchev–Trinajstić information content (AvgIpc) is 2.79. The molecule has 0 saturated heterocycles. The molecule has 0 bridgehead atoms. The first-order valence-electron chi connectivity index (χ1n) is 6.15. The van der Waals surface area contributed by atoms with Crippen molar-refractivity contribution in [1.82, 2.24) is 0 Å². The number of rotatable bonds is 5. The standard InChI is InChI=1S/C15H19NOS/c1-11-3-6-14(7-4-11)17-10-13(9-16)15-8-5-12(2)18-15/h3-8,13H,9-10,16H2,1-2H3. The van der Waals surface area contributed by atoms with Crippen molar-refractivity contribution in [3.63, 3.8) is 0 Å². The lowest BCUT2D eigenvalue weighted by Gasteiger charge is -2.14. The first kappa shape index (κ1) is 13.1. The summed E-state index contributed by atoms with van der Waals surface area (Å²) in [7, 11) is 0. The third-order valence-corrected chi connectivity index (χ3v) is 4.08. The van der Waals surface area contributed by atoms with Gasteiger partial charge >= 0.3 is 0 Å². The summed E-state index contributed by atoms with van der Waals surface area (Å²) >= 11 is 1.80. The molecule has 0 aliphatic carbocycles. The molecule has 1 unspecified atom stereocenters. The summed E-state index contributed by atoms with van der Waals surface area (Å²) in [4.78, 5) is 2.63. The molecule has 96 valence electrons. The number of aryl methyl sites for hydroxylation is 2. The van der Waals surface area contributed by atoms with Gasteiger partial charge in [-0.15, -0.1) is 11.3 Å². The number of ether oxygens (including phenoxy) is 1. The van der Waals surface area contributed by atoms with Gasteiger partial charge in [0.15, 0.2) is 0 Å². The van der Waals surface area contributed by atoms with E-state index in [0.717, 1.165) is 5.75 Å². The Labute approximate surface area is 112 Å². The summed E-state index contributed by atoms with van der Waals surface area (Å²) in [6, 6.07) is 12.4. The Balaban J connectivity index is 1.97. The van der Waals surface area contributed by atoms with Crippen molar-refractivity contribution in [3.05, 3.63) is 51.7 Å². The van der Waals surface area contributed by atoms with Crippen LogP contribution in [0.3, 0.4) is 0 Å². The number of hydrogen-bond donors (Lipinski definition) is 1. The Morgan fingerprint density at radius 2 is 1.83 bits per heavy atom. The molecule has 2 N–H and O–H groups in total. The smallest absolute Gasteiger partial charge is 0.119 e. The second-order valence-electron chi connectivity index (χ2n) is 4.51. The minimum atomic E-state index is 0.282. The molecule has 2 aromatic rings. The van der Waals surface area contributed by atoms with E-state index in [1.165, 1.54) is 15.3 Å². The summed E-state index contributed by atoms with van der Waals surface area (Å²) < 4.78 is 5.80. The van der Waals surface area contributed by atoms with E-state index < -0.39 is 0 Å². The van der Waals surface area contributed by atoms with E-state index in [1.807, 2.05) is 12.1 Å². The van der Waals surface area contributed by atoms with Gasteiger partial charge in [-0.2, -0.15) is 0 Å². The lowest BCUT2D eigenvalue weighted by Crippen LogP contribution is -2.18. The highest BCUT2D eigenvalue weighted by Gasteiger charge is 2.12. The molecule has 1 heterocycles. The molecule has 2 nitrogen and oxygen atoms in total. The van der Waals surface area contributed by atoms with E-state index in [9.17, 15) is 0 Å². The van der Waals surface area contributed by atoms with Crippen LogP contribution in [0, 0.1) is 13.8 Å². The van der Waals surface area contributed by atoms with Crippen molar-refractivity contribution in [3.8, 4) is 5.75 Å². The lowest BCUT2D eigenvalue weighted by molar-refractivity contribution is 0.292. The van der Waals surface area contributed by atoms with Crippen molar-refractivity contribution in [2.75, 3.05) is 13.2 Å². The van der Waals surface area contributed by atoms with Gasteiger partial charge in [-0.3, -0.25) is 0 Å². The maximum Gasteiger partial charge on any atom is 0.119 e. The highest BCUT2D eigenvalue weighted by Crippen LogP contribution is 2.25. The molecule has 0 aliphatic heterocycles. The van der Waals surface area contributed by atoms with E-state index in [0.29, 0.717) is 13.2 Å². The Kier molecular flexibility index (Phi) is 4.39. The van der Waals surface area contributed by atoms with Crippen LogP contribution in [0.2, 0.25) is 0 Å². The number of hydrogen-bond acceptors (Lipinski definition) is 3. The van der Waals surface area contributed by atoms with E-state index in [2.05, 4.69) is 38.1 Å². The van der Waals surface area contributed by atoms with Gasteiger partial charge in [0.2, 0.25) is 0 Å². The first-order valence-corrected chi connectivity index (χ1v) is 6.96. The number of thiophene rings is 1. The summed E-state index contributed by atoms with van der Waals surface area (Å²) in [6.07, 6.45) is 0. The Morgan fingerprint density at radius 3 is 2.39 bits per heavy atom. The van der Waals surface area contributed by atoms with Crippen LogP contribution in [0.5, 0.6) is 5.75 Å². The van der Waals surface area contributed by atoms with Gasteiger partial charge < -0.3 is 10.5 Å². The van der Waals surface area contributed by atoms with Crippen molar-refractivity contribution in [1.29, 1.82) is 0 Å². The van der Waals surface area contributed by atoms with Crippen molar-refractivity contribution in [2.24, 2.45) is 5.73 Å². The average molecular weight is 261 g/mol. The normalized spacial score (nSPS) is 12.4. The van der Waals surface area contributed by atoms with Gasteiger partial charge in [0.1, 0.15) is 5.75 Å². The summed E-state index contributed by atoms with van der Waals surface area (Å²) in [6.45, 7) is 5.44. The van der Waals surface area contributed by atoms with Crippen LogP contribution in [-0.2, 0) is 0 Å². The molecule has 1 aromatic heterocycles. The van der Waals surface area contributed by atoms with Crippen LogP contribution in [0.15, 0.2) is 36.4 Å². The highest BCUT2D eigenvalue weighted by molar-refractivity contribution is 7.12. The lowest BCUT2D eigenvalue weighted by atomic mass is 10.1. The Hall–Kier alpha value is -1.32. The van der Waals surface area contributed by atoms with E-state index >= 15 is 0 Å². The molecule has 0 aliphatic rings. The van der Waals surface area contributed by atoms with E-state index in [1.54, 1.807) is 11.3 Å². The minimum Gasteiger partial charge on any atom is -0.493 e. The zero-order valence-electron chi connectivity index (χ0n) is 10.8. The molecule has 0 fully saturated rings. The monoisotopic (exact) mass is 261 g/mol. The number of benzene rings is 1. The molecule has 0 amide bonds. The second-order valence-corrected chi connectivity index (χ2v) is 5.82. The van der Waals surface area contributed by atoms with Gasteiger partial charge in [-0.25, -0.2) is 0 Å². The van der Waals surface area contributed by atoms with Crippen molar-refractivity contribution in [2.45, 2.75) is 19.8 Å². The van der Waals surface area contributed by atoms with Gasteiger partial charge in [-0.05, 0) is 38.1 Å². The summed E-state index contributed by atoms with van der Waals surface area (Å²) in [5.41, 5.74) is 7.07.